The summed E-state index contributed by atoms with van der Waals surface area (Å²) < 4.78 is 0. The molecule has 90 valence electrons. The molecule has 1 aliphatic carbocycles. The van der Waals surface area contributed by atoms with Gasteiger partial charge in [-0.2, -0.15) is 0 Å². The molecule has 0 atom stereocenters. The summed E-state index contributed by atoms with van der Waals surface area (Å²) >= 11 is 3.76. The molecule has 0 N–H and O–H groups in total. The highest BCUT2D eigenvalue weighted by Crippen LogP contribution is 2.38. The van der Waals surface area contributed by atoms with E-state index in [1.807, 2.05) is 11.8 Å². The molecule has 2 aromatic rings. The van der Waals surface area contributed by atoms with Crippen LogP contribution in [0.1, 0.15) is 37.5 Å². The summed E-state index contributed by atoms with van der Waals surface area (Å²) in [5.41, 5.74) is 0. The van der Waals surface area contributed by atoms with Crippen LogP contribution >= 0.6 is 23.1 Å². The fourth-order valence-electron chi connectivity index (χ4n) is 2.32. The van der Waals surface area contributed by atoms with Crippen molar-refractivity contribution in [1.82, 2.24) is 9.97 Å². The van der Waals surface area contributed by atoms with Crippen LogP contribution in [-0.2, 0) is 6.42 Å². The molecule has 1 fully saturated rings. The fraction of sp³-hybridized carbons (Fsp3) is 0.538. The summed E-state index contributed by atoms with van der Waals surface area (Å²) in [7, 11) is 0. The summed E-state index contributed by atoms with van der Waals surface area (Å²) in [6.45, 7) is 2.20. The SMILES string of the molecule is CCc1cc2c(SC3CCCC3)ncnc2s1. The monoisotopic (exact) mass is 264 g/mol. The van der Waals surface area contributed by atoms with E-state index < -0.39 is 0 Å². The van der Waals surface area contributed by atoms with Crippen molar-refractivity contribution in [3.63, 3.8) is 0 Å². The molecule has 0 aromatic carbocycles. The molecule has 2 nitrogen and oxygen atoms in total. The summed E-state index contributed by atoms with van der Waals surface area (Å²) in [5, 5.41) is 3.24. The number of thioether (sulfide) groups is 1. The van der Waals surface area contributed by atoms with Gasteiger partial charge in [0.1, 0.15) is 16.2 Å². The van der Waals surface area contributed by atoms with Crippen molar-refractivity contribution >= 4 is 33.3 Å². The van der Waals surface area contributed by atoms with Gasteiger partial charge in [-0.05, 0) is 25.3 Å². The van der Waals surface area contributed by atoms with Crippen molar-refractivity contribution in [2.45, 2.75) is 49.3 Å². The number of thiophene rings is 1. The van der Waals surface area contributed by atoms with Gasteiger partial charge in [0.25, 0.3) is 0 Å². The minimum atomic E-state index is 0.776. The van der Waals surface area contributed by atoms with E-state index in [9.17, 15) is 0 Å². The molecule has 4 heteroatoms. The van der Waals surface area contributed by atoms with Crippen LogP contribution in [0.25, 0.3) is 10.2 Å². The zero-order valence-corrected chi connectivity index (χ0v) is 11.6. The third-order valence-electron chi connectivity index (χ3n) is 3.27. The minimum absolute atomic E-state index is 0.776. The quantitative estimate of drug-likeness (QED) is 0.773. The predicted octanol–water partition coefficient (Wildman–Crippen LogP) is 4.29. The molecule has 1 aliphatic rings. The van der Waals surface area contributed by atoms with E-state index in [1.165, 1.54) is 41.0 Å². The lowest BCUT2D eigenvalue weighted by Crippen LogP contribution is -1.95. The van der Waals surface area contributed by atoms with Crippen molar-refractivity contribution in [3.05, 3.63) is 17.3 Å². The molecule has 0 bridgehead atoms. The largest absolute Gasteiger partial charge is 0.229 e. The summed E-state index contributed by atoms with van der Waals surface area (Å²) in [5.74, 6) is 0. The zero-order valence-electron chi connectivity index (χ0n) is 9.98. The number of aryl methyl sites for hydroxylation is 1. The van der Waals surface area contributed by atoms with Gasteiger partial charge in [-0.3, -0.25) is 0 Å². The molecule has 0 aliphatic heterocycles. The maximum atomic E-state index is 4.48. The standard InChI is InChI=1S/C13H16N2S2/c1-2-9-7-11-12(16-9)14-8-15-13(11)17-10-5-3-4-6-10/h7-8,10H,2-6H2,1H3. The van der Waals surface area contributed by atoms with Crippen LogP contribution in [0.15, 0.2) is 17.4 Å². The first-order chi connectivity index (χ1) is 8.36. The lowest BCUT2D eigenvalue weighted by Gasteiger charge is -2.07. The smallest absolute Gasteiger partial charge is 0.128 e. The lowest BCUT2D eigenvalue weighted by atomic mass is 10.3. The summed E-state index contributed by atoms with van der Waals surface area (Å²) in [6, 6.07) is 2.28. The number of nitrogens with zero attached hydrogens (tertiary/aromatic N) is 2. The predicted molar refractivity (Wildman–Crippen MR) is 74.9 cm³/mol. The Morgan fingerprint density at radius 2 is 2.18 bits per heavy atom. The maximum Gasteiger partial charge on any atom is 0.128 e. The summed E-state index contributed by atoms with van der Waals surface area (Å²) in [6.07, 6.45) is 8.28. The van der Waals surface area contributed by atoms with Crippen molar-refractivity contribution in [2.24, 2.45) is 0 Å². The van der Waals surface area contributed by atoms with Crippen LogP contribution < -0.4 is 0 Å². The molecule has 17 heavy (non-hydrogen) atoms. The Hall–Kier alpha value is -0.610. The number of rotatable bonds is 3. The number of hydrogen-bond donors (Lipinski definition) is 0. The topological polar surface area (TPSA) is 25.8 Å². The van der Waals surface area contributed by atoms with Crippen molar-refractivity contribution < 1.29 is 0 Å². The Morgan fingerprint density at radius 3 is 2.94 bits per heavy atom. The number of aromatic nitrogens is 2. The maximum absolute atomic E-state index is 4.48. The minimum Gasteiger partial charge on any atom is -0.229 e. The van der Waals surface area contributed by atoms with E-state index in [2.05, 4.69) is 23.0 Å². The Labute approximate surface area is 110 Å². The van der Waals surface area contributed by atoms with Gasteiger partial charge in [0.05, 0.1) is 0 Å². The molecule has 0 radical (unpaired) electrons. The van der Waals surface area contributed by atoms with Gasteiger partial charge in [-0.1, -0.05) is 19.8 Å². The molecule has 1 saturated carbocycles. The van der Waals surface area contributed by atoms with E-state index in [1.54, 1.807) is 17.7 Å². The van der Waals surface area contributed by atoms with Gasteiger partial charge in [-0.25, -0.2) is 9.97 Å². The van der Waals surface area contributed by atoms with Crippen LogP contribution in [0, 0.1) is 0 Å². The van der Waals surface area contributed by atoms with E-state index in [0.29, 0.717) is 0 Å². The van der Waals surface area contributed by atoms with E-state index in [4.69, 9.17) is 0 Å². The van der Waals surface area contributed by atoms with Gasteiger partial charge in [0.15, 0.2) is 0 Å². The van der Waals surface area contributed by atoms with Crippen molar-refractivity contribution in [2.75, 3.05) is 0 Å². The third kappa shape index (κ3) is 2.33. The normalized spacial score (nSPS) is 17.0. The first-order valence-corrected chi connectivity index (χ1v) is 7.96. The first kappa shape index (κ1) is 11.5. The highest BCUT2D eigenvalue weighted by atomic mass is 32.2. The van der Waals surface area contributed by atoms with E-state index in [-0.39, 0.29) is 0 Å². The Bertz CT molecular complexity index is 515. The molecular weight excluding hydrogens is 248 g/mol. The Morgan fingerprint density at radius 1 is 1.35 bits per heavy atom. The lowest BCUT2D eigenvalue weighted by molar-refractivity contribution is 0.886. The van der Waals surface area contributed by atoms with Gasteiger partial charge in [0.2, 0.25) is 0 Å². The Kier molecular flexibility index (Phi) is 3.34. The molecule has 0 unspecified atom stereocenters. The number of fused-ring (bicyclic) bond motifs is 1. The van der Waals surface area contributed by atoms with Crippen LogP contribution in [0.3, 0.4) is 0 Å². The zero-order chi connectivity index (χ0) is 11.7. The van der Waals surface area contributed by atoms with Gasteiger partial charge in [-0.15, -0.1) is 23.1 Å². The second-order valence-electron chi connectivity index (χ2n) is 4.49. The molecule has 3 rings (SSSR count). The summed E-state index contributed by atoms with van der Waals surface area (Å²) in [4.78, 5) is 11.4. The van der Waals surface area contributed by atoms with Crippen LogP contribution in [-0.4, -0.2) is 15.2 Å². The van der Waals surface area contributed by atoms with Gasteiger partial charge >= 0.3 is 0 Å². The van der Waals surface area contributed by atoms with E-state index >= 15 is 0 Å². The molecule has 0 amide bonds. The second-order valence-corrected chi connectivity index (χ2v) is 6.89. The molecule has 2 heterocycles. The Balaban J connectivity index is 1.94. The van der Waals surface area contributed by atoms with Crippen LogP contribution in [0.5, 0.6) is 0 Å². The van der Waals surface area contributed by atoms with Gasteiger partial charge in [0, 0.05) is 15.5 Å². The molecule has 0 spiro atoms. The highest BCUT2D eigenvalue weighted by molar-refractivity contribution is 8.00. The molecular formula is C13H16N2S2. The third-order valence-corrected chi connectivity index (χ3v) is 5.81. The van der Waals surface area contributed by atoms with Crippen molar-refractivity contribution in [1.29, 1.82) is 0 Å². The van der Waals surface area contributed by atoms with E-state index in [0.717, 1.165) is 16.5 Å². The van der Waals surface area contributed by atoms with Crippen LogP contribution in [0.2, 0.25) is 0 Å². The number of hydrogen-bond acceptors (Lipinski definition) is 4. The first-order valence-electron chi connectivity index (χ1n) is 6.27. The average molecular weight is 264 g/mol. The van der Waals surface area contributed by atoms with Crippen LogP contribution in [0.4, 0.5) is 0 Å². The fourth-order valence-corrected chi connectivity index (χ4v) is 4.59. The second kappa shape index (κ2) is 4.94. The molecule has 0 saturated heterocycles. The van der Waals surface area contributed by atoms with Gasteiger partial charge < -0.3 is 0 Å². The average Bonchev–Trinajstić information content (AvgIpc) is 2.97. The molecule has 2 aromatic heterocycles. The highest BCUT2D eigenvalue weighted by Gasteiger charge is 2.18. The van der Waals surface area contributed by atoms with Crippen molar-refractivity contribution in [3.8, 4) is 0 Å².